The number of benzene rings is 1. The van der Waals surface area contributed by atoms with E-state index in [1.807, 2.05) is 0 Å². The zero-order chi connectivity index (χ0) is 8.43. The second-order valence-electron chi connectivity index (χ2n) is 1.94. The van der Waals surface area contributed by atoms with Gasteiger partial charge >= 0.3 is 0 Å². The van der Waals surface area contributed by atoms with E-state index in [4.69, 9.17) is 21.4 Å². The van der Waals surface area contributed by atoms with Crippen LogP contribution in [0.25, 0.3) is 0 Å². The molecule has 0 saturated heterocycles. The number of rotatable bonds is 1. The normalized spacial score (nSPS) is 9.73. The zero-order valence-corrected chi connectivity index (χ0v) is 6.52. The highest BCUT2D eigenvalue weighted by molar-refractivity contribution is 6.32. The maximum absolute atomic E-state index is 12.6. The van der Waals surface area contributed by atoms with Crippen molar-refractivity contribution in [1.82, 2.24) is 0 Å². The van der Waals surface area contributed by atoms with Crippen LogP contribution in [0.1, 0.15) is 0 Å². The van der Waals surface area contributed by atoms with Crippen LogP contribution < -0.4 is 4.74 Å². The smallest absolute Gasteiger partial charge is 0.168 e. The minimum atomic E-state index is -0.744. The first-order valence-corrected chi connectivity index (χ1v) is 3.25. The minimum Gasteiger partial charge on any atom is -0.505 e. The Kier molecular flexibility index (Phi) is 2.19. The van der Waals surface area contributed by atoms with Gasteiger partial charge in [0.25, 0.3) is 0 Å². The lowest BCUT2D eigenvalue weighted by Gasteiger charge is -2.02. The van der Waals surface area contributed by atoms with Gasteiger partial charge in [-0.25, -0.2) is 4.39 Å². The summed E-state index contributed by atoms with van der Waals surface area (Å²) in [5.41, 5.74) is 0. The Labute approximate surface area is 68.2 Å². The van der Waals surface area contributed by atoms with Gasteiger partial charge in [-0.3, -0.25) is 0 Å². The molecule has 1 rings (SSSR count). The zero-order valence-electron chi connectivity index (χ0n) is 5.77. The SMILES string of the molecule is COc1cc(F)c(O)cc1Cl. The first kappa shape index (κ1) is 8.14. The average Bonchev–Trinajstić information content (AvgIpc) is 1.97. The van der Waals surface area contributed by atoms with Crippen molar-refractivity contribution >= 4 is 11.6 Å². The number of hydrogen-bond donors (Lipinski definition) is 1. The summed E-state index contributed by atoms with van der Waals surface area (Å²) in [7, 11) is 1.37. The van der Waals surface area contributed by atoms with Crippen LogP contribution >= 0.6 is 11.6 Å². The van der Waals surface area contributed by atoms with Gasteiger partial charge in [-0.1, -0.05) is 11.6 Å². The molecule has 0 heterocycles. The number of phenols is 1. The molecule has 0 unspecified atom stereocenters. The molecule has 0 aliphatic carbocycles. The van der Waals surface area contributed by atoms with E-state index in [0.717, 1.165) is 12.1 Å². The predicted octanol–water partition coefficient (Wildman–Crippen LogP) is 2.19. The van der Waals surface area contributed by atoms with Crippen molar-refractivity contribution in [1.29, 1.82) is 0 Å². The van der Waals surface area contributed by atoms with E-state index in [9.17, 15) is 4.39 Å². The fraction of sp³-hybridized carbons (Fsp3) is 0.143. The van der Waals surface area contributed by atoms with Crippen LogP contribution in [0.15, 0.2) is 12.1 Å². The maximum Gasteiger partial charge on any atom is 0.168 e. The van der Waals surface area contributed by atoms with E-state index in [1.165, 1.54) is 7.11 Å². The van der Waals surface area contributed by atoms with E-state index >= 15 is 0 Å². The van der Waals surface area contributed by atoms with Crippen molar-refractivity contribution in [3.05, 3.63) is 23.0 Å². The summed E-state index contributed by atoms with van der Waals surface area (Å²) in [5, 5.41) is 8.99. The van der Waals surface area contributed by atoms with Crippen LogP contribution in [-0.4, -0.2) is 12.2 Å². The van der Waals surface area contributed by atoms with E-state index in [1.54, 1.807) is 0 Å². The first-order valence-electron chi connectivity index (χ1n) is 2.87. The maximum atomic E-state index is 12.6. The Balaban J connectivity index is 3.21. The fourth-order valence-electron chi connectivity index (χ4n) is 0.675. The second-order valence-corrected chi connectivity index (χ2v) is 2.35. The van der Waals surface area contributed by atoms with Crippen molar-refractivity contribution in [2.24, 2.45) is 0 Å². The highest BCUT2D eigenvalue weighted by Crippen LogP contribution is 2.30. The predicted molar refractivity (Wildman–Crippen MR) is 39.6 cm³/mol. The summed E-state index contributed by atoms with van der Waals surface area (Å²) in [6, 6.07) is 2.12. The molecule has 0 atom stereocenters. The van der Waals surface area contributed by atoms with Crippen LogP contribution in [0.2, 0.25) is 5.02 Å². The van der Waals surface area contributed by atoms with E-state index < -0.39 is 11.6 Å². The molecular weight excluding hydrogens is 171 g/mol. The molecule has 0 aliphatic rings. The topological polar surface area (TPSA) is 29.5 Å². The molecule has 0 aliphatic heterocycles. The molecule has 0 fully saturated rings. The van der Waals surface area contributed by atoms with Crippen molar-refractivity contribution in [3.8, 4) is 11.5 Å². The van der Waals surface area contributed by atoms with Gasteiger partial charge in [0.2, 0.25) is 0 Å². The first-order chi connectivity index (χ1) is 5.15. The van der Waals surface area contributed by atoms with Crippen LogP contribution in [0.3, 0.4) is 0 Å². The van der Waals surface area contributed by atoms with E-state index in [-0.39, 0.29) is 10.8 Å². The number of methoxy groups -OCH3 is 1. The highest BCUT2D eigenvalue weighted by Gasteiger charge is 2.06. The minimum absolute atomic E-state index is 0.186. The van der Waals surface area contributed by atoms with Crippen LogP contribution in [0, 0.1) is 5.82 Å². The summed E-state index contributed by atoms with van der Waals surface area (Å²) < 4.78 is 17.3. The lowest BCUT2D eigenvalue weighted by molar-refractivity contribution is 0.399. The Morgan fingerprint density at radius 3 is 2.73 bits per heavy atom. The summed E-state index contributed by atoms with van der Waals surface area (Å²) >= 11 is 5.55. The molecule has 60 valence electrons. The molecule has 0 radical (unpaired) electrons. The van der Waals surface area contributed by atoms with Gasteiger partial charge in [-0.15, -0.1) is 0 Å². The summed E-state index contributed by atoms with van der Waals surface area (Å²) in [6.45, 7) is 0. The van der Waals surface area contributed by atoms with Crippen molar-refractivity contribution in [2.75, 3.05) is 7.11 Å². The third-order valence-corrected chi connectivity index (χ3v) is 1.52. The van der Waals surface area contributed by atoms with E-state index in [2.05, 4.69) is 0 Å². The van der Waals surface area contributed by atoms with Crippen LogP contribution in [0.5, 0.6) is 11.5 Å². The lowest BCUT2D eigenvalue weighted by Crippen LogP contribution is -1.85. The van der Waals surface area contributed by atoms with Gasteiger partial charge in [0.1, 0.15) is 5.75 Å². The summed E-state index contributed by atoms with van der Waals surface area (Å²) in [4.78, 5) is 0. The molecule has 1 N–H and O–H groups in total. The summed E-state index contributed by atoms with van der Waals surface area (Å²) in [6.07, 6.45) is 0. The molecule has 0 bridgehead atoms. The quantitative estimate of drug-likeness (QED) is 0.711. The van der Waals surface area contributed by atoms with Gasteiger partial charge in [0.15, 0.2) is 11.6 Å². The molecule has 0 amide bonds. The van der Waals surface area contributed by atoms with Crippen molar-refractivity contribution < 1.29 is 14.2 Å². The molecule has 1 aromatic rings. The summed E-state index contributed by atoms with van der Waals surface area (Å²) in [5.74, 6) is -1.01. The van der Waals surface area contributed by atoms with Crippen molar-refractivity contribution in [3.63, 3.8) is 0 Å². The van der Waals surface area contributed by atoms with Gasteiger partial charge < -0.3 is 9.84 Å². The third-order valence-electron chi connectivity index (χ3n) is 1.22. The lowest BCUT2D eigenvalue weighted by atomic mass is 10.3. The Bertz CT molecular complexity index is 275. The van der Waals surface area contributed by atoms with Gasteiger partial charge in [0.05, 0.1) is 12.1 Å². The fourth-order valence-corrected chi connectivity index (χ4v) is 0.910. The van der Waals surface area contributed by atoms with Gasteiger partial charge in [-0.2, -0.15) is 0 Å². The van der Waals surface area contributed by atoms with Crippen LogP contribution in [0.4, 0.5) is 4.39 Å². The standard InChI is InChI=1S/C7H6ClFO2/c1-11-7-3-5(9)6(10)2-4(7)8/h2-3,10H,1H3. The highest BCUT2D eigenvalue weighted by atomic mass is 35.5. The van der Waals surface area contributed by atoms with E-state index in [0.29, 0.717) is 0 Å². The molecule has 0 saturated carbocycles. The second kappa shape index (κ2) is 2.96. The average molecular weight is 177 g/mol. The Morgan fingerprint density at radius 1 is 1.55 bits per heavy atom. The van der Waals surface area contributed by atoms with Crippen LogP contribution in [-0.2, 0) is 0 Å². The molecule has 0 spiro atoms. The molecule has 2 nitrogen and oxygen atoms in total. The number of ether oxygens (including phenoxy) is 1. The Morgan fingerprint density at radius 2 is 2.18 bits per heavy atom. The largest absolute Gasteiger partial charge is 0.505 e. The molecule has 4 heteroatoms. The molecule has 1 aromatic carbocycles. The van der Waals surface area contributed by atoms with Crippen molar-refractivity contribution in [2.45, 2.75) is 0 Å². The van der Waals surface area contributed by atoms with Gasteiger partial charge in [0, 0.05) is 12.1 Å². The number of halogens is 2. The molecular formula is C7H6ClFO2. The Hall–Kier alpha value is -0.960. The third kappa shape index (κ3) is 1.54. The monoisotopic (exact) mass is 176 g/mol. The van der Waals surface area contributed by atoms with Gasteiger partial charge in [-0.05, 0) is 0 Å². The molecule has 11 heavy (non-hydrogen) atoms. The molecule has 0 aromatic heterocycles. The number of aromatic hydroxyl groups is 1. The number of phenolic OH excluding ortho intramolecular Hbond substituents is 1. The number of hydrogen-bond acceptors (Lipinski definition) is 2.